The van der Waals surface area contributed by atoms with Gasteiger partial charge in [0.15, 0.2) is 11.9 Å². The van der Waals surface area contributed by atoms with Gasteiger partial charge in [0.1, 0.15) is 60.1 Å². The molecule has 1 fully saturated rings. The highest BCUT2D eigenvalue weighted by atomic mass is 33.1. The molecule has 0 spiro atoms. The van der Waals surface area contributed by atoms with Crippen LogP contribution in [0.1, 0.15) is 67.5 Å². The molecule has 37 heteroatoms. The molecule has 0 unspecified atom stereocenters. The zero-order chi connectivity index (χ0) is 78.2. The molecule has 578 valence electrons. The summed E-state index contributed by atoms with van der Waals surface area (Å²) in [6.45, 7) is 1.91. The number of nitrogens with one attached hydrogen (secondary N) is 17. The number of H-pyrrole nitrogens is 2. The SMILES string of the molecule is CC(C)[C@H](NC(=O)[C@@H](N)Cc1ccc(O)cc1)C(=O)N[C@H]1CSSC[C@H](C(=O)N[C@@H](CCCNC(=N)N)C(=O)N[C@@H](Cc2ccccc2)C(=O)NCC(N)=O)NC(=O)[C@H](Cc2c[nH]c3ccccc23)NC(=O)[C@H](CCCNC(=N)N)NC(=O)[C@H](Cc2ccccc2)NC(=O)[C@H](Cc2c[nH]cn2)NC(=O)CNC1=O. The summed E-state index contributed by atoms with van der Waals surface area (Å²) in [5.74, 6) is -13.0. The predicted octanol–water partition coefficient (Wildman–Crippen LogP) is -2.90. The second-order valence-corrected chi connectivity index (χ2v) is 28.5. The van der Waals surface area contributed by atoms with Crippen LogP contribution in [0.2, 0.25) is 0 Å². The van der Waals surface area contributed by atoms with E-state index in [2.05, 4.69) is 84.1 Å². The number of rotatable bonds is 30. The lowest BCUT2D eigenvalue weighted by Gasteiger charge is -2.28. The highest BCUT2D eigenvalue weighted by Crippen LogP contribution is 2.25. The van der Waals surface area contributed by atoms with Gasteiger partial charge in [-0.3, -0.25) is 68.4 Å². The largest absolute Gasteiger partial charge is 0.508 e. The Labute approximate surface area is 630 Å². The number of nitrogens with zero attached hydrogens (tertiary/aromatic N) is 1. The Bertz CT molecular complexity index is 4080. The van der Waals surface area contributed by atoms with Crippen molar-refractivity contribution in [1.29, 1.82) is 10.8 Å². The third kappa shape index (κ3) is 27.6. The maximum atomic E-state index is 15.5. The lowest BCUT2D eigenvalue weighted by molar-refractivity contribution is -0.135. The van der Waals surface area contributed by atoms with Crippen LogP contribution in [0.5, 0.6) is 5.75 Å². The Balaban J connectivity index is 1.30. The number of imidazole rings is 1. The number of aromatic amines is 2. The van der Waals surface area contributed by atoms with E-state index in [0.29, 0.717) is 38.9 Å². The summed E-state index contributed by atoms with van der Waals surface area (Å²) in [5.41, 5.74) is 26.1. The van der Waals surface area contributed by atoms with Gasteiger partial charge in [-0.15, -0.1) is 0 Å². The first-order valence-electron chi connectivity index (χ1n) is 34.8. The second kappa shape index (κ2) is 42.4. The van der Waals surface area contributed by atoms with Crippen molar-refractivity contribution in [3.63, 3.8) is 0 Å². The van der Waals surface area contributed by atoms with E-state index in [1.807, 2.05) is 0 Å². The van der Waals surface area contributed by atoms with Gasteiger partial charge in [0, 0.05) is 73.6 Å². The average molecular weight is 1530 g/mol. The van der Waals surface area contributed by atoms with Crippen LogP contribution in [0, 0.1) is 16.7 Å². The number of carbonyl (C=O) groups is 12. The Morgan fingerprint density at radius 2 is 1.19 bits per heavy atom. The number of amides is 12. The topological polar surface area (TPSA) is 578 Å². The molecule has 10 atom stereocenters. The van der Waals surface area contributed by atoms with Crippen LogP contribution in [-0.4, -0.2) is 201 Å². The number of hydrogen-bond acceptors (Lipinski definition) is 19. The van der Waals surface area contributed by atoms with Crippen LogP contribution in [-0.2, 0) is 89.6 Å². The molecular formula is C71H94N22O13S2. The van der Waals surface area contributed by atoms with E-state index < -0.39 is 162 Å². The van der Waals surface area contributed by atoms with E-state index in [-0.39, 0.29) is 88.3 Å². The number of fused-ring (bicyclic) bond motifs is 1. The van der Waals surface area contributed by atoms with Crippen LogP contribution >= 0.6 is 21.6 Å². The first-order chi connectivity index (χ1) is 51.7. The third-order valence-electron chi connectivity index (χ3n) is 17.1. The third-order valence-corrected chi connectivity index (χ3v) is 19.5. The van der Waals surface area contributed by atoms with Crippen molar-refractivity contribution in [2.45, 2.75) is 132 Å². The van der Waals surface area contributed by atoms with E-state index in [4.69, 9.17) is 33.8 Å². The molecule has 0 saturated carbocycles. The van der Waals surface area contributed by atoms with Gasteiger partial charge in [-0.05, 0) is 78.5 Å². The highest BCUT2D eigenvalue weighted by molar-refractivity contribution is 8.76. The van der Waals surface area contributed by atoms with Crippen LogP contribution in [0.3, 0.4) is 0 Å². The molecule has 2 aromatic heterocycles. The molecule has 3 heterocycles. The highest BCUT2D eigenvalue weighted by Gasteiger charge is 2.37. The van der Waals surface area contributed by atoms with Crippen molar-refractivity contribution in [3.05, 3.63) is 156 Å². The second-order valence-electron chi connectivity index (χ2n) is 25.9. The van der Waals surface area contributed by atoms with Crippen molar-refractivity contribution >= 4 is 115 Å². The minimum absolute atomic E-state index is 0.00878. The van der Waals surface area contributed by atoms with Gasteiger partial charge < -0.3 is 107 Å². The summed E-state index contributed by atoms with van der Waals surface area (Å²) in [4.78, 5) is 184. The van der Waals surface area contributed by atoms with Crippen molar-refractivity contribution in [2.24, 2.45) is 28.9 Å². The molecule has 0 bridgehead atoms. The molecule has 35 nitrogen and oxygen atoms in total. The molecule has 1 saturated heterocycles. The fraction of sp³-hybridized carbons (Fsp3) is 0.394. The monoisotopic (exact) mass is 1530 g/mol. The Hall–Kier alpha value is -11.7. The Morgan fingerprint density at radius 3 is 1.83 bits per heavy atom. The number of hydrogen-bond donors (Lipinski definition) is 22. The van der Waals surface area contributed by atoms with Crippen LogP contribution in [0.4, 0.5) is 0 Å². The quantitative estimate of drug-likeness (QED) is 0.00931. The number of primary amides is 1. The molecule has 26 N–H and O–H groups in total. The van der Waals surface area contributed by atoms with Crippen LogP contribution < -0.4 is 92.1 Å². The summed E-state index contributed by atoms with van der Waals surface area (Å²) >= 11 is 0. The van der Waals surface area contributed by atoms with Gasteiger partial charge in [0.25, 0.3) is 0 Å². The molecule has 0 radical (unpaired) electrons. The summed E-state index contributed by atoms with van der Waals surface area (Å²) in [6, 6.07) is 15.4. The predicted molar refractivity (Wildman–Crippen MR) is 405 cm³/mol. The zero-order valence-electron chi connectivity index (χ0n) is 59.5. The standard InChI is InChI=1S/C71H94N22O13S2/c1-39(2)59(93-60(97)47(72)27-42-21-23-45(94)24-22-42)69(106)92-55-36-107-108-37-56(68(105)87-50(20-12-26-80-71(76)77)63(100)88-51(61(98)82-34-57(73)95)28-40-13-5-3-6-14-40)91-66(103)53(30-43-32-81-48-18-10-9-17-46(43)48)90-64(101)49(19-11-25-79-70(74)75)86-65(102)52(29-41-15-7-4-8-16-41)89-67(104)54(31-44-33-78-38-84-44)85-58(96)35-83-62(55)99/h3-10,13-18,21-24,32-33,38-39,47,49-56,59,81,94H,11-12,19-20,25-31,34-37,72H2,1-2H3,(H2,73,95)(H,78,84)(H,82,98)(H,83,99)(H,85,96)(H,86,102)(H,87,105)(H,88,100)(H,89,104)(H,90,101)(H,91,103)(H,92,106)(H,93,97)(H4,74,75,79)(H4,76,77,80)/t47-,49-,50-,51-,52-,53-,54-,55-,56+,59-/m0/s1. The van der Waals surface area contributed by atoms with Crippen molar-refractivity contribution in [2.75, 3.05) is 37.7 Å². The van der Waals surface area contributed by atoms with Crippen molar-refractivity contribution in [1.82, 2.24) is 84.1 Å². The molecule has 0 aliphatic carbocycles. The molecule has 7 rings (SSSR count). The number of phenols is 1. The average Bonchev–Trinajstić information content (AvgIpc) is 1.59. The summed E-state index contributed by atoms with van der Waals surface area (Å²) in [7, 11) is 1.79. The van der Waals surface area contributed by atoms with E-state index in [1.165, 1.54) is 24.7 Å². The Kier molecular flexibility index (Phi) is 32.8. The molecule has 1 aliphatic heterocycles. The smallest absolute Gasteiger partial charge is 0.244 e. The normalized spacial score (nSPS) is 19.0. The van der Waals surface area contributed by atoms with Crippen LogP contribution in [0.25, 0.3) is 10.9 Å². The molecule has 6 aromatic rings. The fourth-order valence-electron chi connectivity index (χ4n) is 11.4. The molecule has 1 aliphatic rings. The number of nitrogens with two attached hydrogens (primary N) is 4. The van der Waals surface area contributed by atoms with Crippen LogP contribution in [0.15, 0.2) is 128 Å². The van der Waals surface area contributed by atoms with E-state index in [9.17, 15) is 43.5 Å². The van der Waals surface area contributed by atoms with Crippen molar-refractivity contribution < 1.29 is 62.6 Å². The Morgan fingerprint density at radius 1 is 0.593 bits per heavy atom. The maximum absolute atomic E-state index is 15.5. The number of carbonyl (C=O) groups excluding carboxylic acids is 12. The van der Waals surface area contributed by atoms with Crippen molar-refractivity contribution in [3.8, 4) is 5.75 Å². The summed E-state index contributed by atoms with van der Waals surface area (Å²) in [6.07, 6.45) is 3.43. The van der Waals surface area contributed by atoms with Gasteiger partial charge in [0.05, 0.1) is 31.2 Å². The molecule has 4 aromatic carbocycles. The fourth-order valence-corrected chi connectivity index (χ4v) is 13.7. The summed E-state index contributed by atoms with van der Waals surface area (Å²) in [5, 5.41) is 60.7. The number of aromatic hydroxyl groups is 1. The minimum atomic E-state index is -1.69. The van der Waals surface area contributed by atoms with Gasteiger partial charge in [-0.2, -0.15) is 0 Å². The summed E-state index contributed by atoms with van der Waals surface area (Å²) < 4.78 is 0. The number of benzene rings is 4. The van der Waals surface area contributed by atoms with E-state index in [1.54, 1.807) is 117 Å². The zero-order valence-corrected chi connectivity index (χ0v) is 61.1. The van der Waals surface area contributed by atoms with Gasteiger partial charge in [-0.25, -0.2) is 4.98 Å². The first kappa shape index (κ1) is 83.5. The van der Waals surface area contributed by atoms with E-state index >= 15 is 19.2 Å². The first-order valence-corrected chi connectivity index (χ1v) is 37.3. The molecule has 12 amide bonds. The van der Waals surface area contributed by atoms with Gasteiger partial charge in [-0.1, -0.05) is 126 Å². The number of aromatic nitrogens is 3. The minimum Gasteiger partial charge on any atom is -0.508 e. The molecule has 108 heavy (non-hydrogen) atoms. The van der Waals surface area contributed by atoms with E-state index in [0.717, 1.165) is 21.6 Å². The lowest BCUT2D eigenvalue weighted by atomic mass is 10.0. The number of phenolic OH excluding ortho intramolecular Hbond substituents is 1. The lowest BCUT2D eigenvalue weighted by Crippen LogP contribution is -2.61. The number of guanidine groups is 2. The maximum Gasteiger partial charge on any atom is 0.244 e. The van der Waals surface area contributed by atoms with Gasteiger partial charge >= 0.3 is 0 Å². The number of para-hydroxylation sites is 1. The molecular weight excluding hydrogens is 1430 g/mol. The van der Waals surface area contributed by atoms with Gasteiger partial charge in [0.2, 0.25) is 70.9 Å².